The van der Waals surface area contributed by atoms with Gasteiger partial charge in [-0.3, -0.25) is 4.39 Å². The summed E-state index contributed by atoms with van der Waals surface area (Å²) in [7, 11) is 0. The maximum absolute atomic E-state index is 11.7. The molecule has 0 aliphatic carbocycles. The average molecular weight is 159 g/mol. The Balaban J connectivity index is 1.86. The van der Waals surface area contributed by atoms with E-state index in [0.29, 0.717) is 0 Å². The van der Waals surface area contributed by atoms with Gasteiger partial charge in [0.05, 0.1) is 6.67 Å². The minimum Gasteiger partial charge on any atom is -0.303 e. The molecule has 0 unspecified atom stereocenters. The fourth-order valence-electron chi connectivity index (χ4n) is 1.61. The number of likely N-dealkylation sites (tertiary alicyclic amines) is 1. The molecular weight excluding hydrogens is 141 g/mol. The van der Waals surface area contributed by atoms with E-state index in [-0.39, 0.29) is 6.67 Å². The average Bonchev–Trinajstić information content (AvgIpc) is 2.50. The molecule has 1 saturated heterocycles. The van der Waals surface area contributed by atoms with Gasteiger partial charge in [0.25, 0.3) is 0 Å². The van der Waals surface area contributed by atoms with E-state index in [4.69, 9.17) is 0 Å². The van der Waals surface area contributed by atoms with E-state index in [1.807, 2.05) is 0 Å². The summed E-state index contributed by atoms with van der Waals surface area (Å²) in [4.78, 5) is 2.48. The van der Waals surface area contributed by atoms with Crippen molar-refractivity contribution < 1.29 is 4.39 Å². The molecule has 11 heavy (non-hydrogen) atoms. The standard InChI is InChI=1S/C9H18FN/c10-6-2-1-3-7-11-8-4-5-9-11/h1-9H2. The van der Waals surface area contributed by atoms with E-state index in [9.17, 15) is 4.39 Å². The first kappa shape index (κ1) is 8.98. The van der Waals surface area contributed by atoms with Gasteiger partial charge in [-0.05, 0) is 51.7 Å². The van der Waals surface area contributed by atoms with Crippen LogP contribution in [0.1, 0.15) is 32.1 Å². The van der Waals surface area contributed by atoms with Crippen LogP contribution in [0, 0.1) is 0 Å². The van der Waals surface area contributed by atoms with Gasteiger partial charge in [-0.25, -0.2) is 0 Å². The topological polar surface area (TPSA) is 3.24 Å². The van der Waals surface area contributed by atoms with Crippen LogP contribution < -0.4 is 0 Å². The van der Waals surface area contributed by atoms with Gasteiger partial charge < -0.3 is 4.90 Å². The molecule has 66 valence electrons. The summed E-state index contributed by atoms with van der Waals surface area (Å²) in [5.41, 5.74) is 0. The van der Waals surface area contributed by atoms with Crippen LogP contribution in [0.3, 0.4) is 0 Å². The molecule has 0 radical (unpaired) electrons. The predicted molar refractivity (Wildman–Crippen MR) is 45.5 cm³/mol. The van der Waals surface area contributed by atoms with E-state index < -0.39 is 0 Å². The van der Waals surface area contributed by atoms with Gasteiger partial charge in [-0.2, -0.15) is 0 Å². The molecule has 0 bridgehead atoms. The number of unbranched alkanes of at least 4 members (excludes halogenated alkanes) is 2. The highest BCUT2D eigenvalue weighted by Gasteiger charge is 2.09. The Kier molecular flexibility index (Phi) is 4.51. The molecule has 1 nitrogen and oxygen atoms in total. The highest BCUT2D eigenvalue weighted by molar-refractivity contribution is 4.65. The van der Waals surface area contributed by atoms with Gasteiger partial charge in [-0.15, -0.1) is 0 Å². The van der Waals surface area contributed by atoms with Crippen LogP contribution in [0.25, 0.3) is 0 Å². The Morgan fingerprint density at radius 1 is 1.00 bits per heavy atom. The van der Waals surface area contributed by atoms with E-state index in [0.717, 1.165) is 12.8 Å². The zero-order valence-corrected chi connectivity index (χ0v) is 7.19. The van der Waals surface area contributed by atoms with Crippen molar-refractivity contribution in [3.05, 3.63) is 0 Å². The monoisotopic (exact) mass is 159 g/mol. The van der Waals surface area contributed by atoms with Gasteiger partial charge in [0.15, 0.2) is 0 Å². The second kappa shape index (κ2) is 5.53. The second-order valence-electron chi connectivity index (χ2n) is 3.30. The molecule has 0 spiro atoms. The Bertz CT molecular complexity index is 89.6. The summed E-state index contributed by atoms with van der Waals surface area (Å²) in [6.07, 6.45) is 5.73. The SMILES string of the molecule is FCCCCCN1CCCC1. The number of rotatable bonds is 5. The molecule has 1 aliphatic heterocycles. The predicted octanol–water partition coefficient (Wildman–Crippen LogP) is 2.22. The van der Waals surface area contributed by atoms with Gasteiger partial charge in [0, 0.05) is 0 Å². The molecule has 0 aromatic carbocycles. The van der Waals surface area contributed by atoms with E-state index in [1.165, 1.54) is 38.9 Å². The molecule has 0 aromatic heterocycles. The maximum atomic E-state index is 11.7. The Labute approximate surface area is 68.6 Å². The lowest BCUT2D eigenvalue weighted by atomic mass is 10.2. The van der Waals surface area contributed by atoms with Crippen molar-refractivity contribution in [2.24, 2.45) is 0 Å². The van der Waals surface area contributed by atoms with Crippen molar-refractivity contribution in [1.29, 1.82) is 0 Å². The lowest BCUT2D eigenvalue weighted by Crippen LogP contribution is -2.20. The first-order valence-electron chi connectivity index (χ1n) is 4.72. The molecule has 1 aliphatic rings. The molecule has 1 heterocycles. The number of alkyl halides is 1. The Morgan fingerprint density at radius 3 is 2.36 bits per heavy atom. The van der Waals surface area contributed by atoms with Crippen molar-refractivity contribution in [2.45, 2.75) is 32.1 Å². The van der Waals surface area contributed by atoms with Crippen LogP contribution >= 0.6 is 0 Å². The summed E-state index contributed by atoms with van der Waals surface area (Å²) in [6, 6.07) is 0. The first-order valence-corrected chi connectivity index (χ1v) is 4.72. The normalized spacial score (nSPS) is 19.4. The second-order valence-corrected chi connectivity index (χ2v) is 3.30. The van der Waals surface area contributed by atoms with Crippen LogP contribution in [0.5, 0.6) is 0 Å². The van der Waals surface area contributed by atoms with Crippen LogP contribution in [0.15, 0.2) is 0 Å². The van der Waals surface area contributed by atoms with Crippen LogP contribution in [0.4, 0.5) is 4.39 Å². The van der Waals surface area contributed by atoms with Crippen molar-refractivity contribution in [3.8, 4) is 0 Å². The third-order valence-electron chi connectivity index (χ3n) is 2.31. The highest BCUT2D eigenvalue weighted by Crippen LogP contribution is 2.08. The number of halogens is 1. The van der Waals surface area contributed by atoms with Crippen LogP contribution in [-0.2, 0) is 0 Å². The fraction of sp³-hybridized carbons (Fsp3) is 1.00. The van der Waals surface area contributed by atoms with E-state index >= 15 is 0 Å². The van der Waals surface area contributed by atoms with E-state index in [2.05, 4.69) is 4.90 Å². The number of hydrogen-bond acceptors (Lipinski definition) is 1. The molecule has 2 heteroatoms. The van der Waals surface area contributed by atoms with Crippen molar-refractivity contribution in [1.82, 2.24) is 4.90 Å². The van der Waals surface area contributed by atoms with Crippen molar-refractivity contribution >= 4 is 0 Å². The molecule has 0 N–H and O–H groups in total. The van der Waals surface area contributed by atoms with E-state index in [1.54, 1.807) is 0 Å². The molecule has 1 rings (SSSR count). The van der Waals surface area contributed by atoms with Crippen LogP contribution in [0.2, 0.25) is 0 Å². The minimum atomic E-state index is -0.139. The van der Waals surface area contributed by atoms with Crippen LogP contribution in [-0.4, -0.2) is 31.2 Å². The third-order valence-corrected chi connectivity index (χ3v) is 2.31. The highest BCUT2D eigenvalue weighted by atomic mass is 19.1. The van der Waals surface area contributed by atoms with Gasteiger partial charge in [-0.1, -0.05) is 0 Å². The Hall–Kier alpha value is -0.110. The lowest BCUT2D eigenvalue weighted by Gasteiger charge is -2.13. The molecule has 0 saturated carbocycles. The summed E-state index contributed by atoms with van der Waals surface area (Å²) in [5.74, 6) is 0. The van der Waals surface area contributed by atoms with Crippen molar-refractivity contribution in [2.75, 3.05) is 26.3 Å². The molecular formula is C9H18FN. The van der Waals surface area contributed by atoms with Gasteiger partial charge in [0.1, 0.15) is 0 Å². The molecule has 1 fully saturated rings. The van der Waals surface area contributed by atoms with Gasteiger partial charge in [0.2, 0.25) is 0 Å². The summed E-state index contributed by atoms with van der Waals surface area (Å²) < 4.78 is 11.7. The van der Waals surface area contributed by atoms with Gasteiger partial charge >= 0.3 is 0 Å². The summed E-state index contributed by atoms with van der Waals surface area (Å²) >= 11 is 0. The van der Waals surface area contributed by atoms with Crippen molar-refractivity contribution in [3.63, 3.8) is 0 Å². The summed E-state index contributed by atoms with van der Waals surface area (Å²) in [6.45, 7) is 3.60. The third kappa shape index (κ3) is 3.71. The first-order chi connectivity index (χ1) is 5.43. The summed E-state index contributed by atoms with van der Waals surface area (Å²) in [5, 5.41) is 0. The fourth-order valence-corrected chi connectivity index (χ4v) is 1.61. The smallest absolute Gasteiger partial charge is 0.0894 e. The number of hydrogen-bond donors (Lipinski definition) is 0. The molecule has 0 aromatic rings. The zero-order chi connectivity index (χ0) is 7.94. The Morgan fingerprint density at radius 2 is 1.73 bits per heavy atom. The molecule has 0 amide bonds. The maximum Gasteiger partial charge on any atom is 0.0894 e. The molecule has 0 atom stereocenters. The quantitative estimate of drug-likeness (QED) is 0.556. The zero-order valence-electron chi connectivity index (χ0n) is 7.19. The minimum absolute atomic E-state index is 0.139. The largest absolute Gasteiger partial charge is 0.303 e. The lowest BCUT2D eigenvalue weighted by molar-refractivity contribution is 0.324. The number of nitrogens with zero attached hydrogens (tertiary/aromatic N) is 1.